The molecule has 1 unspecified atom stereocenters. The molecule has 12 heteroatoms. The molecule has 0 aliphatic carbocycles. The van der Waals surface area contributed by atoms with Gasteiger partial charge in [0, 0.05) is 11.6 Å². The van der Waals surface area contributed by atoms with Gasteiger partial charge in [-0.25, -0.2) is 9.59 Å². The van der Waals surface area contributed by atoms with Crippen LogP contribution in [-0.2, 0) is 23.9 Å². The molecule has 0 heterocycles. The summed E-state index contributed by atoms with van der Waals surface area (Å²) in [6, 6.07) is 11.7. The van der Waals surface area contributed by atoms with Crippen molar-refractivity contribution in [2.75, 3.05) is 40.0 Å². The summed E-state index contributed by atoms with van der Waals surface area (Å²) < 4.78 is 22.1. The minimum atomic E-state index is -0.868. The molecular formula is C32H42N2O10. The van der Waals surface area contributed by atoms with Crippen LogP contribution in [0.4, 0.5) is 0 Å². The van der Waals surface area contributed by atoms with Gasteiger partial charge in [0.1, 0.15) is 6.10 Å². The summed E-state index contributed by atoms with van der Waals surface area (Å²) in [7, 11) is 1.43. The van der Waals surface area contributed by atoms with Crippen molar-refractivity contribution in [1.29, 1.82) is 0 Å². The summed E-state index contributed by atoms with van der Waals surface area (Å²) in [5.41, 5.74) is 1.45. The van der Waals surface area contributed by atoms with Crippen LogP contribution in [0.1, 0.15) is 80.5 Å². The molecule has 0 N–H and O–H groups in total. The van der Waals surface area contributed by atoms with Crippen molar-refractivity contribution in [2.45, 2.75) is 59.0 Å². The van der Waals surface area contributed by atoms with Crippen LogP contribution in [0.25, 0.3) is 6.08 Å². The van der Waals surface area contributed by atoms with Gasteiger partial charge in [-0.2, -0.15) is 0 Å². The number of esters is 3. The van der Waals surface area contributed by atoms with Crippen molar-refractivity contribution < 1.29 is 43.3 Å². The van der Waals surface area contributed by atoms with Crippen molar-refractivity contribution in [3.05, 3.63) is 75.3 Å². The molecule has 2 aromatic carbocycles. The van der Waals surface area contributed by atoms with E-state index in [2.05, 4.69) is 4.84 Å². The Kier molecular flexibility index (Phi) is 16.0. The van der Waals surface area contributed by atoms with Gasteiger partial charge in [-0.05, 0) is 68.6 Å². The fraction of sp³-hybridized carbons (Fsp3) is 0.469. The van der Waals surface area contributed by atoms with E-state index in [1.807, 2.05) is 25.7 Å². The Morgan fingerprint density at radius 3 is 2.39 bits per heavy atom. The van der Waals surface area contributed by atoms with E-state index in [0.717, 1.165) is 25.9 Å². The molecule has 0 aliphatic rings. The first-order chi connectivity index (χ1) is 21.2. The molecule has 0 saturated carbocycles. The van der Waals surface area contributed by atoms with Crippen LogP contribution in [0, 0.1) is 10.1 Å². The first-order valence-corrected chi connectivity index (χ1v) is 14.7. The topological polar surface area (TPSA) is 144 Å². The fourth-order valence-corrected chi connectivity index (χ4v) is 4.21. The maximum absolute atomic E-state index is 13.4. The van der Waals surface area contributed by atoms with E-state index < -0.39 is 23.1 Å². The molecule has 0 amide bonds. The first-order valence-electron chi connectivity index (χ1n) is 14.7. The van der Waals surface area contributed by atoms with E-state index in [-0.39, 0.29) is 42.8 Å². The number of methoxy groups -OCH3 is 1. The Labute approximate surface area is 258 Å². The smallest absolute Gasteiger partial charge is 0.344 e. The Morgan fingerprint density at radius 1 is 0.977 bits per heavy atom. The van der Waals surface area contributed by atoms with Crippen LogP contribution >= 0.6 is 0 Å². The van der Waals surface area contributed by atoms with Crippen LogP contribution in [0.3, 0.4) is 0 Å². The number of benzene rings is 2. The predicted octanol–water partition coefficient (Wildman–Crippen LogP) is 5.58. The molecule has 44 heavy (non-hydrogen) atoms. The van der Waals surface area contributed by atoms with Gasteiger partial charge in [-0.1, -0.05) is 51.5 Å². The minimum absolute atomic E-state index is 0.0630. The lowest BCUT2D eigenvalue weighted by Gasteiger charge is -2.23. The van der Waals surface area contributed by atoms with E-state index in [0.29, 0.717) is 30.4 Å². The molecule has 0 radical (unpaired) electrons. The monoisotopic (exact) mass is 614 g/mol. The SMILES string of the molecule is CCCCC(OC(=O)CN(CC)CC)c1ccccc1C(=O)Oc1ccc(/C=C/C(=O)OCCCCO[N+](=O)[O-])cc1OC. The van der Waals surface area contributed by atoms with Crippen LogP contribution in [0.2, 0.25) is 0 Å². The van der Waals surface area contributed by atoms with Gasteiger partial charge < -0.3 is 23.8 Å². The second kappa shape index (κ2) is 19.7. The Balaban J connectivity index is 2.11. The maximum atomic E-state index is 13.4. The average molecular weight is 615 g/mol. The summed E-state index contributed by atoms with van der Waals surface area (Å²) in [5.74, 6) is -1.12. The lowest BCUT2D eigenvalue weighted by Crippen LogP contribution is -2.31. The lowest BCUT2D eigenvalue weighted by molar-refractivity contribution is -0.757. The van der Waals surface area contributed by atoms with Gasteiger partial charge >= 0.3 is 17.9 Å². The number of hydrogen-bond donors (Lipinski definition) is 0. The zero-order valence-electron chi connectivity index (χ0n) is 25.8. The molecule has 0 aliphatic heterocycles. The summed E-state index contributed by atoms with van der Waals surface area (Å²) in [6.45, 7) is 7.65. The quantitative estimate of drug-likeness (QED) is 0.0461. The third-order valence-electron chi connectivity index (χ3n) is 6.65. The van der Waals surface area contributed by atoms with E-state index in [4.69, 9.17) is 18.9 Å². The average Bonchev–Trinajstić information content (AvgIpc) is 3.02. The largest absolute Gasteiger partial charge is 0.493 e. The molecule has 2 rings (SSSR count). The second-order valence-electron chi connectivity index (χ2n) is 9.73. The molecule has 12 nitrogen and oxygen atoms in total. The van der Waals surface area contributed by atoms with E-state index in [1.165, 1.54) is 19.3 Å². The number of unbranched alkanes of at least 4 members (excludes halogenated alkanes) is 2. The van der Waals surface area contributed by atoms with Gasteiger partial charge in [-0.3, -0.25) is 9.69 Å². The summed E-state index contributed by atoms with van der Waals surface area (Å²) >= 11 is 0. The van der Waals surface area contributed by atoms with Crippen LogP contribution in [-0.4, -0.2) is 67.9 Å². The maximum Gasteiger partial charge on any atom is 0.344 e. The zero-order valence-corrected chi connectivity index (χ0v) is 25.8. The van der Waals surface area contributed by atoms with Gasteiger partial charge in [0.05, 0.1) is 32.4 Å². The van der Waals surface area contributed by atoms with Crippen LogP contribution in [0.15, 0.2) is 48.5 Å². The highest BCUT2D eigenvalue weighted by atomic mass is 16.9. The number of rotatable bonds is 20. The zero-order chi connectivity index (χ0) is 32.3. The molecular weight excluding hydrogens is 572 g/mol. The van der Waals surface area contributed by atoms with Crippen molar-refractivity contribution >= 4 is 24.0 Å². The number of likely N-dealkylation sites (N-methyl/N-ethyl adjacent to an activating group) is 1. The molecule has 0 spiro atoms. The van der Waals surface area contributed by atoms with Crippen molar-refractivity contribution in [1.82, 2.24) is 4.90 Å². The summed E-state index contributed by atoms with van der Waals surface area (Å²) in [6.07, 6.45) is 5.21. The predicted molar refractivity (Wildman–Crippen MR) is 163 cm³/mol. The van der Waals surface area contributed by atoms with Crippen LogP contribution < -0.4 is 9.47 Å². The third kappa shape index (κ3) is 12.4. The summed E-state index contributed by atoms with van der Waals surface area (Å²) in [4.78, 5) is 54.4. The van der Waals surface area contributed by atoms with Gasteiger partial charge in [0.15, 0.2) is 11.5 Å². The summed E-state index contributed by atoms with van der Waals surface area (Å²) in [5, 5.41) is 9.26. The van der Waals surface area contributed by atoms with Crippen molar-refractivity contribution in [3.63, 3.8) is 0 Å². The van der Waals surface area contributed by atoms with Gasteiger partial charge in [0.25, 0.3) is 5.09 Å². The molecule has 2 aromatic rings. The van der Waals surface area contributed by atoms with Gasteiger partial charge in [-0.15, -0.1) is 10.1 Å². The standard InChI is InChI=1S/C32H42N2O10/c1-5-8-15-27(43-31(36)23-33(6-2)7-3)25-13-9-10-14-26(25)32(37)44-28-18-16-24(22-29(28)40-4)17-19-30(35)41-20-11-12-21-42-34(38)39/h9-10,13-14,16-19,22,27H,5-8,11-12,15,20-21,23H2,1-4H3/b19-17+. The van der Waals surface area contributed by atoms with E-state index >= 15 is 0 Å². The second-order valence-corrected chi connectivity index (χ2v) is 9.73. The minimum Gasteiger partial charge on any atom is -0.493 e. The Hall–Kier alpha value is -4.45. The fourth-order valence-electron chi connectivity index (χ4n) is 4.21. The number of hydrogen-bond acceptors (Lipinski definition) is 11. The number of carbonyl (C=O) groups excluding carboxylic acids is 3. The van der Waals surface area contributed by atoms with Gasteiger partial charge in [0.2, 0.25) is 0 Å². The van der Waals surface area contributed by atoms with E-state index in [9.17, 15) is 24.5 Å². The van der Waals surface area contributed by atoms with Crippen LogP contribution in [0.5, 0.6) is 11.5 Å². The molecule has 1 atom stereocenters. The highest BCUT2D eigenvalue weighted by molar-refractivity contribution is 5.93. The molecule has 240 valence electrons. The molecule has 0 fully saturated rings. The Morgan fingerprint density at radius 2 is 1.70 bits per heavy atom. The van der Waals surface area contributed by atoms with Crippen molar-refractivity contribution in [2.24, 2.45) is 0 Å². The molecule has 0 aromatic heterocycles. The highest BCUT2D eigenvalue weighted by Crippen LogP contribution is 2.32. The molecule has 0 bridgehead atoms. The molecule has 0 saturated heterocycles. The normalized spacial score (nSPS) is 11.7. The number of carbonyl (C=O) groups is 3. The first kappa shape index (κ1) is 35.7. The Bertz CT molecular complexity index is 1260. The third-order valence-corrected chi connectivity index (χ3v) is 6.65. The number of nitrogens with zero attached hydrogens (tertiary/aromatic N) is 2. The highest BCUT2D eigenvalue weighted by Gasteiger charge is 2.24. The lowest BCUT2D eigenvalue weighted by atomic mass is 9.98. The number of ether oxygens (including phenoxy) is 4. The van der Waals surface area contributed by atoms with Crippen molar-refractivity contribution in [3.8, 4) is 11.5 Å². The van der Waals surface area contributed by atoms with E-state index in [1.54, 1.807) is 42.5 Å².